The van der Waals surface area contributed by atoms with Crippen molar-refractivity contribution in [2.24, 2.45) is 5.92 Å². The predicted octanol–water partition coefficient (Wildman–Crippen LogP) is 3.30. The molecule has 6 nitrogen and oxygen atoms in total. The molecule has 1 fully saturated rings. The van der Waals surface area contributed by atoms with Crippen LogP contribution in [0.3, 0.4) is 0 Å². The monoisotopic (exact) mass is 372 g/mol. The van der Waals surface area contributed by atoms with Crippen molar-refractivity contribution in [1.82, 2.24) is 9.47 Å². The lowest BCUT2D eigenvalue weighted by Gasteiger charge is -2.27. The number of nitrogens with zero attached hydrogens (tertiary/aromatic N) is 2. The fourth-order valence-corrected chi connectivity index (χ4v) is 3.68. The number of aromatic nitrogens is 1. The van der Waals surface area contributed by atoms with Crippen molar-refractivity contribution in [3.05, 3.63) is 34.2 Å². The molecule has 1 aliphatic heterocycles. The van der Waals surface area contributed by atoms with Crippen LogP contribution in [0.5, 0.6) is 11.5 Å². The van der Waals surface area contributed by atoms with E-state index in [1.165, 1.54) is 0 Å². The second-order valence-electron chi connectivity index (χ2n) is 7.50. The SMILES string of the molecule is COc1cc2c(C(=O)N3CCCCC3)cn(CC(C)C)c(=O)c2cc1OC. The molecule has 0 atom stereocenters. The van der Waals surface area contributed by atoms with E-state index in [9.17, 15) is 9.59 Å². The zero-order valence-electron chi connectivity index (χ0n) is 16.6. The van der Waals surface area contributed by atoms with Crippen LogP contribution >= 0.6 is 0 Å². The molecule has 27 heavy (non-hydrogen) atoms. The zero-order chi connectivity index (χ0) is 19.6. The predicted molar refractivity (Wildman–Crippen MR) is 106 cm³/mol. The van der Waals surface area contributed by atoms with E-state index in [2.05, 4.69) is 13.8 Å². The number of carbonyl (C=O) groups is 1. The van der Waals surface area contributed by atoms with Crippen molar-refractivity contribution >= 4 is 16.7 Å². The first-order valence-electron chi connectivity index (χ1n) is 9.54. The summed E-state index contributed by atoms with van der Waals surface area (Å²) < 4.78 is 12.4. The van der Waals surface area contributed by atoms with Gasteiger partial charge in [0.1, 0.15) is 0 Å². The molecule has 2 heterocycles. The van der Waals surface area contributed by atoms with Crippen molar-refractivity contribution in [2.45, 2.75) is 39.7 Å². The van der Waals surface area contributed by atoms with Crippen LogP contribution in [-0.2, 0) is 6.54 Å². The van der Waals surface area contributed by atoms with E-state index in [0.29, 0.717) is 40.3 Å². The lowest BCUT2D eigenvalue weighted by molar-refractivity contribution is 0.0725. The summed E-state index contributed by atoms with van der Waals surface area (Å²) in [5, 5.41) is 1.10. The summed E-state index contributed by atoms with van der Waals surface area (Å²) in [6.07, 6.45) is 4.91. The van der Waals surface area contributed by atoms with Crippen molar-refractivity contribution in [3.8, 4) is 11.5 Å². The molecular weight excluding hydrogens is 344 g/mol. The molecule has 1 aromatic carbocycles. The summed E-state index contributed by atoms with van der Waals surface area (Å²) >= 11 is 0. The van der Waals surface area contributed by atoms with Gasteiger partial charge in [0.05, 0.1) is 25.2 Å². The number of hydrogen-bond donors (Lipinski definition) is 0. The Kier molecular flexibility index (Phi) is 5.73. The van der Waals surface area contributed by atoms with Gasteiger partial charge in [0.2, 0.25) is 0 Å². The summed E-state index contributed by atoms with van der Waals surface area (Å²) in [4.78, 5) is 28.2. The minimum atomic E-state index is -0.116. The summed E-state index contributed by atoms with van der Waals surface area (Å²) in [6, 6.07) is 3.42. The van der Waals surface area contributed by atoms with Gasteiger partial charge in [0.25, 0.3) is 11.5 Å². The highest BCUT2D eigenvalue weighted by atomic mass is 16.5. The molecule has 6 heteroatoms. The lowest BCUT2D eigenvalue weighted by Crippen LogP contribution is -2.36. The number of benzene rings is 1. The highest BCUT2D eigenvalue weighted by Gasteiger charge is 2.23. The van der Waals surface area contributed by atoms with Gasteiger partial charge in [-0.05, 0) is 37.3 Å². The van der Waals surface area contributed by atoms with Gasteiger partial charge in [0, 0.05) is 31.2 Å². The van der Waals surface area contributed by atoms with E-state index in [4.69, 9.17) is 9.47 Å². The van der Waals surface area contributed by atoms with Crippen LogP contribution in [0.15, 0.2) is 23.1 Å². The third-order valence-corrected chi connectivity index (χ3v) is 5.03. The van der Waals surface area contributed by atoms with Crippen LogP contribution in [0.25, 0.3) is 10.8 Å². The Bertz CT molecular complexity index is 895. The first-order chi connectivity index (χ1) is 13.0. The Morgan fingerprint density at radius 3 is 2.19 bits per heavy atom. The lowest BCUT2D eigenvalue weighted by atomic mass is 10.0. The number of likely N-dealkylation sites (tertiary alicyclic amines) is 1. The molecule has 0 N–H and O–H groups in total. The van der Waals surface area contributed by atoms with Crippen LogP contribution in [0.4, 0.5) is 0 Å². The van der Waals surface area contributed by atoms with Gasteiger partial charge >= 0.3 is 0 Å². The Morgan fingerprint density at radius 1 is 1.04 bits per heavy atom. The highest BCUT2D eigenvalue weighted by Crippen LogP contribution is 2.33. The third-order valence-electron chi connectivity index (χ3n) is 5.03. The van der Waals surface area contributed by atoms with E-state index >= 15 is 0 Å². The number of carbonyl (C=O) groups excluding carboxylic acids is 1. The van der Waals surface area contributed by atoms with Gasteiger partial charge in [-0.25, -0.2) is 0 Å². The van der Waals surface area contributed by atoms with E-state index in [0.717, 1.165) is 32.4 Å². The third kappa shape index (κ3) is 3.80. The number of hydrogen-bond acceptors (Lipinski definition) is 4. The number of amides is 1. The number of rotatable bonds is 5. The Morgan fingerprint density at radius 2 is 1.63 bits per heavy atom. The molecule has 0 saturated carbocycles. The van der Waals surface area contributed by atoms with Crippen LogP contribution in [0.1, 0.15) is 43.5 Å². The topological polar surface area (TPSA) is 60.8 Å². The molecule has 1 amide bonds. The second kappa shape index (κ2) is 8.03. The maximum Gasteiger partial charge on any atom is 0.258 e. The molecular formula is C21H28N2O4. The standard InChI is InChI=1S/C21H28N2O4/c1-14(2)12-23-13-17(21(25)22-8-6-5-7-9-22)15-10-18(26-3)19(27-4)11-16(15)20(23)24/h10-11,13-14H,5-9,12H2,1-4H3. The quantitative estimate of drug-likeness (QED) is 0.808. The van der Waals surface area contributed by atoms with Crippen molar-refractivity contribution in [2.75, 3.05) is 27.3 Å². The molecule has 2 aromatic rings. The largest absolute Gasteiger partial charge is 0.493 e. The van der Waals surface area contributed by atoms with Gasteiger partial charge in [-0.1, -0.05) is 13.8 Å². The smallest absolute Gasteiger partial charge is 0.258 e. The molecule has 146 valence electrons. The summed E-state index contributed by atoms with van der Waals surface area (Å²) in [5.41, 5.74) is 0.433. The molecule has 3 rings (SSSR count). The molecule has 1 aliphatic rings. The normalized spacial score (nSPS) is 14.6. The highest BCUT2D eigenvalue weighted by molar-refractivity contribution is 6.07. The molecule has 1 aromatic heterocycles. The first kappa shape index (κ1) is 19.3. The van der Waals surface area contributed by atoms with Gasteiger partial charge in [-0.2, -0.15) is 0 Å². The van der Waals surface area contributed by atoms with E-state index in [1.807, 2.05) is 4.90 Å². The van der Waals surface area contributed by atoms with E-state index in [-0.39, 0.29) is 11.5 Å². The molecule has 0 aliphatic carbocycles. The first-order valence-corrected chi connectivity index (χ1v) is 9.54. The van der Waals surface area contributed by atoms with E-state index in [1.54, 1.807) is 37.1 Å². The minimum absolute atomic E-state index is 0.0237. The maximum absolute atomic E-state index is 13.3. The average molecular weight is 372 g/mol. The molecule has 0 bridgehead atoms. The van der Waals surface area contributed by atoms with Gasteiger partial charge < -0.3 is 18.9 Å². The molecule has 1 saturated heterocycles. The maximum atomic E-state index is 13.3. The van der Waals surface area contributed by atoms with Crippen LogP contribution in [0, 0.1) is 5.92 Å². The zero-order valence-corrected chi connectivity index (χ0v) is 16.6. The summed E-state index contributed by atoms with van der Waals surface area (Å²) in [6.45, 7) is 6.19. The van der Waals surface area contributed by atoms with Gasteiger partial charge in [-0.3, -0.25) is 9.59 Å². The second-order valence-corrected chi connectivity index (χ2v) is 7.50. The van der Waals surface area contributed by atoms with E-state index < -0.39 is 0 Å². The Balaban J connectivity index is 2.23. The number of piperidine rings is 1. The number of fused-ring (bicyclic) bond motifs is 1. The fourth-order valence-electron chi connectivity index (χ4n) is 3.68. The molecule has 0 radical (unpaired) electrons. The average Bonchev–Trinajstić information content (AvgIpc) is 2.69. The van der Waals surface area contributed by atoms with Crippen LogP contribution < -0.4 is 15.0 Å². The number of methoxy groups -OCH3 is 2. The van der Waals surface area contributed by atoms with Crippen molar-refractivity contribution in [1.29, 1.82) is 0 Å². The number of ether oxygens (including phenoxy) is 2. The van der Waals surface area contributed by atoms with Crippen LogP contribution in [0.2, 0.25) is 0 Å². The Hall–Kier alpha value is -2.50. The summed E-state index contributed by atoms with van der Waals surface area (Å²) in [5.74, 6) is 1.27. The van der Waals surface area contributed by atoms with Crippen LogP contribution in [-0.4, -0.2) is 42.7 Å². The minimum Gasteiger partial charge on any atom is -0.493 e. The summed E-state index contributed by atoms with van der Waals surface area (Å²) in [7, 11) is 3.09. The van der Waals surface area contributed by atoms with Crippen molar-refractivity contribution in [3.63, 3.8) is 0 Å². The fraction of sp³-hybridized carbons (Fsp3) is 0.524. The van der Waals surface area contributed by atoms with Gasteiger partial charge in [0.15, 0.2) is 11.5 Å². The number of pyridine rings is 1. The van der Waals surface area contributed by atoms with Crippen molar-refractivity contribution < 1.29 is 14.3 Å². The molecule has 0 spiro atoms. The molecule has 0 unspecified atom stereocenters. The van der Waals surface area contributed by atoms with Gasteiger partial charge in [-0.15, -0.1) is 0 Å². The Labute approximate surface area is 159 Å².